The van der Waals surface area contributed by atoms with Crippen molar-refractivity contribution in [3.8, 4) is 0 Å². The van der Waals surface area contributed by atoms with E-state index in [4.69, 9.17) is 45.8 Å². The van der Waals surface area contributed by atoms with E-state index in [9.17, 15) is 22.4 Å². The van der Waals surface area contributed by atoms with E-state index in [0.717, 1.165) is 0 Å². The van der Waals surface area contributed by atoms with Gasteiger partial charge in [0.25, 0.3) is 7.82 Å². The van der Waals surface area contributed by atoms with Crippen molar-refractivity contribution in [2.75, 3.05) is 17.1 Å². The topological polar surface area (TPSA) is 147 Å². The molecule has 0 unspecified atom stereocenters. The van der Waals surface area contributed by atoms with Crippen molar-refractivity contribution in [1.82, 2.24) is 0 Å². The van der Waals surface area contributed by atoms with Crippen LogP contribution >= 0.6 is 72.1 Å². The first-order valence-electron chi connectivity index (χ1n) is 10.4. The first kappa shape index (κ1) is 51.0. The standard InChI is InChI=1S/C9H20ClO4P.C8H19O4P.CH2Cl2O3S.CH3I.K/c1-8(2,3)13-15(11,12-7-10)14-9(4,5)6;1-7(2,3)11-13(9,10)12-8(4,5)6;2-1-6-7(3,4)5;1-2;/h7H2,1-6H3;1-6H3,(H,9,10);1H2;1H3;/q;;;;+1/p-1. The first-order chi connectivity index (χ1) is 15.9. The molecule has 0 saturated heterocycles. The van der Waals surface area contributed by atoms with E-state index in [1.54, 1.807) is 83.1 Å². The molecule has 0 aromatic carbocycles. The molecule has 0 rings (SSSR count). The van der Waals surface area contributed by atoms with E-state index in [1.165, 1.54) is 0 Å². The van der Waals surface area contributed by atoms with Gasteiger partial charge in [-0.1, -0.05) is 45.8 Å². The fourth-order valence-corrected chi connectivity index (χ4v) is 5.61. The molecule has 38 heavy (non-hydrogen) atoms. The summed E-state index contributed by atoms with van der Waals surface area (Å²) in [4.78, 5) is 13.2. The van der Waals surface area contributed by atoms with Gasteiger partial charge in [0.1, 0.15) is 12.1 Å². The zero-order chi connectivity index (χ0) is 31.2. The number of phosphoric acid groups is 2. The molecule has 0 heterocycles. The van der Waals surface area contributed by atoms with Crippen LogP contribution in [0.25, 0.3) is 0 Å². The van der Waals surface area contributed by atoms with Gasteiger partial charge in [-0.3, -0.25) is 18.1 Å². The zero-order valence-electron chi connectivity index (χ0n) is 24.7. The van der Waals surface area contributed by atoms with E-state index in [1.807, 2.05) is 4.93 Å². The fourth-order valence-electron chi connectivity index (χ4n) is 1.54. The molecule has 0 bridgehead atoms. The number of rotatable bonds is 8. The SMILES string of the molecule is CC(C)(C)OP(=O)(OCCl)OC(C)(C)C.CC(C)(C)OP(=O)([O-])OC(C)(C)C.CI.O=S(=O)(Cl)OCCl.[K+]. The van der Waals surface area contributed by atoms with Crippen LogP contribution in [0.15, 0.2) is 0 Å². The second-order valence-corrected chi connectivity index (χ2v) is 15.9. The van der Waals surface area contributed by atoms with Crippen molar-refractivity contribution >= 4 is 81.5 Å². The van der Waals surface area contributed by atoms with Crippen LogP contribution in [0.1, 0.15) is 83.1 Å². The smallest absolute Gasteiger partial charge is 0.756 e. The number of hydrogen-bond acceptors (Lipinski definition) is 11. The van der Waals surface area contributed by atoms with E-state index < -0.39 is 53.4 Å². The number of halogens is 4. The van der Waals surface area contributed by atoms with E-state index >= 15 is 0 Å². The third-order valence-electron chi connectivity index (χ3n) is 1.93. The van der Waals surface area contributed by atoms with E-state index in [0.29, 0.717) is 0 Å². The van der Waals surface area contributed by atoms with Crippen molar-refractivity contribution in [2.45, 2.75) is 105 Å². The largest absolute Gasteiger partial charge is 1.00 e. The first-order valence-corrected chi connectivity index (χ1v) is 18.8. The maximum absolute atomic E-state index is 12.1. The summed E-state index contributed by atoms with van der Waals surface area (Å²) in [6, 6.07) is -0.671. The second kappa shape index (κ2) is 22.0. The van der Waals surface area contributed by atoms with Crippen LogP contribution in [0.3, 0.4) is 0 Å². The summed E-state index contributed by atoms with van der Waals surface area (Å²) in [6.45, 7) is 20.5. The van der Waals surface area contributed by atoms with Gasteiger partial charge >= 0.3 is 68.5 Å². The van der Waals surface area contributed by atoms with Gasteiger partial charge in [-0.05, 0) is 88.0 Å². The molecule has 0 fully saturated rings. The molecule has 230 valence electrons. The monoisotopic (exact) mass is 812 g/mol. The molecule has 0 aliphatic carbocycles. The van der Waals surface area contributed by atoms with Gasteiger partial charge in [0, 0.05) is 10.7 Å². The van der Waals surface area contributed by atoms with E-state index in [-0.39, 0.29) is 57.5 Å². The molecular formula is C19H43Cl3IKO11P2S. The van der Waals surface area contributed by atoms with Gasteiger partial charge < -0.3 is 13.9 Å². The second-order valence-electron chi connectivity index (χ2n) is 10.6. The van der Waals surface area contributed by atoms with Crippen molar-refractivity contribution in [3.05, 3.63) is 0 Å². The van der Waals surface area contributed by atoms with Crippen molar-refractivity contribution in [1.29, 1.82) is 0 Å². The Labute approximate surface area is 300 Å². The molecule has 11 nitrogen and oxygen atoms in total. The minimum atomic E-state index is -4.19. The number of alkyl halides is 3. The maximum atomic E-state index is 12.1. The Morgan fingerprint density at radius 1 is 0.684 bits per heavy atom. The van der Waals surface area contributed by atoms with Crippen LogP contribution in [0.4, 0.5) is 0 Å². The van der Waals surface area contributed by atoms with Crippen LogP contribution < -0.4 is 56.3 Å². The Morgan fingerprint density at radius 3 is 1.08 bits per heavy atom. The van der Waals surface area contributed by atoms with Gasteiger partial charge in [0.2, 0.25) is 0 Å². The average Bonchev–Trinajstić information content (AvgIpc) is 2.47. The Balaban J connectivity index is -0.000000144. The molecule has 0 spiro atoms. The third-order valence-corrected chi connectivity index (χ3v) is 6.63. The van der Waals surface area contributed by atoms with Crippen LogP contribution in [-0.2, 0) is 45.3 Å². The van der Waals surface area contributed by atoms with Crippen molar-refractivity contribution < 1.29 is 101 Å². The summed E-state index contributed by atoms with van der Waals surface area (Å²) in [5.41, 5.74) is -2.73. The van der Waals surface area contributed by atoms with Crippen LogP contribution in [0.5, 0.6) is 0 Å². The molecule has 0 saturated carbocycles. The van der Waals surface area contributed by atoms with Crippen LogP contribution in [0, 0.1) is 0 Å². The van der Waals surface area contributed by atoms with E-state index in [2.05, 4.69) is 37.5 Å². The number of hydrogen-bond donors (Lipinski definition) is 0. The molecular weight excluding hydrogens is 771 g/mol. The predicted molar refractivity (Wildman–Crippen MR) is 157 cm³/mol. The summed E-state index contributed by atoms with van der Waals surface area (Å²) in [6.07, 6.45) is 0. The Hall–Kier alpha value is 3.37. The summed E-state index contributed by atoms with van der Waals surface area (Å²) < 4.78 is 71.4. The molecule has 0 radical (unpaired) electrons. The molecule has 0 amide bonds. The average molecular weight is 814 g/mol. The summed E-state index contributed by atoms with van der Waals surface area (Å²) >= 11 is 12.3. The zero-order valence-corrected chi connectivity index (χ0v) is 34.9. The summed E-state index contributed by atoms with van der Waals surface area (Å²) in [5.74, 6) is 0. The van der Waals surface area contributed by atoms with Gasteiger partial charge in [-0.25, -0.2) is 8.75 Å². The number of phosphoric ester groups is 2. The van der Waals surface area contributed by atoms with Crippen molar-refractivity contribution in [3.63, 3.8) is 0 Å². The third kappa shape index (κ3) is 46.3. The maximum Gasteiger partial charge on any atom is 1.00 e. The quantitative estimate of drug-likeness (QED) is 0.110. The Morgan fingerprint density at radius 2 is 0.947 bits per heavy atom. The van der Waals surface area contributed by atoms with Gasteiger partial charge in [0.15, 0.2) is 0 Å². The van der Waals surface area contributed by atoms with Gasteiger partial charge in [-0.2, -0.15) is 8.42 Å². The molecule has 0 N–H and O–H groups in total. The van der Waals surface area contributed by atoms with Crippen LogP contribution in [0.2, 0.25) is 0 Å². The van der Waals surface area contributed by atoms with Gasteiger partial charge in [0.05, 0.1) is 22.4 Å². The van der Waals surface area contributed by atoms with Crippen LogP contribution in [-0.4, -0.2) is 47.9 Å². The fraction of sp³-hybridized carbons (Fsp3) is 1.00. The van der Waals surface area contributed by atoms with Gasteiger partial charge in [-0.15, -0.1) is 0 Å². The molecule has 0 aromatic rings. The molecule has 0 aliphatic rings. The van der Waals surface area contributed by atoms with Crippen molar-refractivity contribution in [2.24, 2.45) is 0 Å². The summed E-state index contributed by atoms with van der Waals surface area (Å²) in [7, 11) is -7.11. The molecule has 0 atom stereocenters. The summed E-state index contributed by atoms with van der Waals surface area (Å²) in [5, 5.41) is 0. The Bertz CT molecular complexity index is 771. The normalized spacial score (nSPS) is 13.0. The predicted octanol–water partition coefficient (Wildman–Crippen LogP) is 4.76. The molecule has 0 aliphatic heterocycles. The Kier molecular flexibility index (Phi) is 29.5. The molecule has 0 aromatic heterocycles. The molecule has 19 heteroatoms. The minimum absolute atomic E-state index is 0. The minimum Gasteiger partial charge on any atom is -0.756 e.